The first-order chi connectivity index (χ1) is 10.3. The van der Waals surface area contributed by atoms with E-state index in [0.717, 1.165) is 37.7 Å². The maximum Gasteiger partial charge on any atom is 0.255 e. The molecule has 0 aliphatic heterocycles. The Labute approximate surface area is 130 Å². The van der Waals surface area contributed by atoms with Crippen LogP contribution in [0.4, 0.5) is 0 Å². The molecule has 102 valence electrons. The summed E-state index contributed by atoms with van der Waals surface area (Å²) in [5.41, 5.74) is 4.10. The molecule has 0 saturated carbocycles. The van der Waals surface area contributed by atoms with Gasteiger partial charge in [-0.2, -0.15) is 4.57 Å². The van der Waals surface area contributed by atoms with Gasteiger partial charge >= 0.3 is 0 Å². The lowest BCUT2D eigenvalue weighted by Crippen LogP contribution is -2.29. The fourth-order valence-corrected chi connectivity index (χ4v) is 3.22. The van der Waals surface area contributed by atoms with E-state index in [0.29, 0.717) is 0 Å². The predicted octanol–water partition coefficient (Wildman–Crippen LogP) is 4.84. The fraction of sp³-hybridized carbons (Fsp3) is 0.0556. The maximum absolute atomic E-state index is 6.10. The molecule has 0 aliphatic rings. The van der Waals surface area contributed by atoms with Crippen molar-refractivity contribution in [1.29, 1.82) is 0 Å². The number of hydrogen-bond acceptors (Lipinski definition) is 1. The Hall–Kier alpha value is -2.13. The van der Waals surface area contributed by atoms with Crippen LogP contribution in [0.15, 0.2) is 69.8 Å². The number of para-hydroxylation sites is 2. The zero-order chi connectivity index (χ0) is 14.4. The van der Waals surface area contributed by atoms with Gasteiger partial charge in [0.15, 0.2) is 6.20 Å². The van der Waals surface area contributed by atoms with Crippen molar-refractivity contribution in [3.05, 3.63) is 65.4 Å². The zero-order valence-electron chi connectivity index (χ0n) is 11.5. The highest BCUT2D eigenvalue weighted by Crippen LogP contribution is 2.37. The highest BCUT2D eigenvalue weighted by atomic mass is 79.9. The van der Waals surface area contributed by atoms with Crippen molar-refractivity contribution in [1.82, 2.24) is 0 Å². The monoisotopic (exact) mass is 338 g/mol. The number of pyridine rings is 1. The molecule has 21 heavy (non-hydrogen) atoms. The molecule has 0 unspecified atom stereocenters. The van der Waals surface area contributed by atoms with Gasteiger partial charge in [0.05, 0.1) is 5.56 Å². The molecular weight excluding hydrogens is 326 g/mol. The molecule has 0 atom stereocenters. The van der Waals surface area contributed by atoms with Crippen molar-refractivity contribution in [2.45, 2.75) is 0 Å². The summed E-state index contributed by atoms with van der Waals surface area (Å²) in [6.07, 6.45) is 2.02. The van der Waals surface area contributed by atoms with Gasteiger partial charge in [-0.15, -0.1) is 0 Å². The molecule has 0 saturated heterocycles. The molecule has 2 aromatic carbocycles. The number of halogens is 1. The van der Waals surface area contributed by atoms with Crippen LogP contribution in [0.1, 0.15) is 0 Å². The van der Waals surface area contributed by atoms with Crippen LogP contribution in [0.25, 0.3) is 33.1 Å². The molecule has 0 spiro atoms. The average Bonchev–Trinajstić information content (AvgIpc) is 2.89. The van der Waals surface area contributed by atoms with E-state index in [1.54, 1.807) is 0 Å². The molecule has 0 bridgehead atoms. The number of aryl methyl sites for hydroxylation is 1. The Bertz CT molecular complexity index is 971. The van der Waals surface area contributed by atoms with Crippen molar-refractivity contribution in [3.63, 3.8) is 0 Å². The summed E-state index contributed by atoms with van der Waals surface area (Å²) >= 11 is 3.67. The fourth-order valence-electron chi connectivity index (χ4n) is 2.75. The molecule has 0 amide bonds. The second kappa shape index (κ2) is 4.71. The predicted molar refractivity (Wildman–Crippen MR) is 88.0 cm³/mol. The first-order valence-corrected chi connectivity index (χ1v) is 7.60. The van der Waals surface area contributed by atoms with Gasteiger partial charge in [0, 0.05) is 38.3 Å². The Kier molecular flexibility index (Phi) is 2.82. The van der Waals surface area contributed by atoms with Crippen LogP contribution >= 0.6 is 15.9 Å². The van der Waals surface area contributed by atoms with Crippen molar-refractivity contribution in [2.75, 3.05) is 0 Å². The number of fused-ring (bicyclic) bond motifs is 3. The smallest absolute Gasteiger partial charge is 0.255 e. The van der Waals surface area contributed by atoms with Crippen molar-refractivity contribution in [2.24, 2.45) is 7.05 Å². The summed E-state index contributed by atoms with van der Waals surface area (Å²) in [4.78, 5) is 0. The van der Waals surface area contributed by atoms with E-state index in [2.05, 4.69) is 50.8 Å². The van der Waals surface area contributed by atoms with Gasteiger partial charge in [0.2, 0.25) is 0 Å². The van der Waals surface area contributed by atoms with E-state index in [9.17, 15) is 0 Å². The third-order valence-electron chi connectivity index (χ3n) is 3.80. The molecule has 2 heterocycles. The van der Waals surface area contributed by atoms with Gasteiger partial charge < -0.3 is 4.42 Å². The molecule has 0 radical (unpaired) electrons. The summed E-state index contributed by atoms with van der Waals surface area (Å²) in [7, 11) is 2.02. The summed E-state index contributed by atoms with van der Waals surface area (Å²) in [5, 5.41) is 2.31. The van der Waals surface area contributed by atoms with Gasteiger partial charge in [0.1, 0.15) is 18.2 Å². The van der Waals surface area contributed by atoms with Gasteiger partial charge in [-0.3, -0.25) is 0 Å². The second-order valence-corrected chi connectivity index (χ2v) is 5.86. The van der Waals surface area contributed by atoms with Crippen LogP contribution in [0, 0.1) is 0 Å². The van der Waals surface area contributed by atoms with Crippen LogP contribution in [0.2, 0.25) is 0 Å². The van der Waals surface area contributed by atoms with E-state index < -0.39 is 0 Å². The first-order valence-electron chi connectivity index (χ1n) is 6.80. The van der Waals surface area contributed by atoms with E-state index in [1.807, 2.05) is 37.5 Å². The van der Waals surface area contributed by atoms with E-state index in [1.165, 1.54) is 0 Å². The van der Waals surface area contributed by atoms with Gasteiger partial charge in [-0.05, 0) is 12.1 Å². The van der Waals surface area contributed by atoms with E-state index >= 15 is 0 Å². The number of nitrogens with zero attached hydrogens (tertiary/aromatic N) is 1. The Morgan fingerprint density at radius 1 is 0.857 bits per heavy atom. The topological polar surface area (TPSA) is 17.0 Å². The molecule has 2 aromatic heterocycles. The third kappa shape index (κ3) is 1.88. The Balaban J connectivity index is 2.12. The molecule has 4 aromatic rings. The molecule has 2 nitrogen and oxygen atoms in total. The Morgan fingerprint density at radius 2 is 1.62 bits per heavy atom. The average molecular weight is 339 g/mol. The highest BCUT2D eigenvalue weighted by Gasteiger charge is 2.17. The van der Waals surface area contributed by atoms with Gasteiger partial charge in [0.25, 0.3) is 4.60 Å². The minimum Gasteiger partial charge on any atom is -0.455 e. The molecule has 0 fully saturated rings. The molecule has 3 heteroatoms. The number of rotatable bonds is 1. The number of aromatic nitrogens is 1. The Morgan fingerprint density at radius 3 is 2.52 bits per heavy atom. The standard InChI is InChI=1S/C18H13BrNO/c1-20-11-5-9-15(18(20)19)14-8-4-7-13-12-6-2-3-10-16(12)21-17(13)14/h2-11H,1H3/q+1. The maximum atomic E-state index is 6.10. The molecule has 0 aliphatic carbocycles. The number of benzene rings is 2. The van der Waals surface area contributed by atoms with Crippen molar-refractivity contribution in [3.8, 4) is 11.1 Å². The lowest BCUT2D eigenvalue weighted by molar-refractivity contribution is -0.681. The molecule has 0 N–H and O–H groups in total. The SMILES string of the molecule is C[n+]1cccc(-c2cccc3c2oc2ccccc23)c1Br. The normalized spacial score (nSPS) is 11.3. The highest BCUT2D eigenvalue weighted by molar-refractivity contribution is 9.10. The number of furan rings is 1. The largest absolute Gasteiger partial charge is 0.455 e. The first kappa shape index (κ1) is 12.6. The quantitative estimate of drug-likeness (QED) is 0.358. The van der Waals surface area contributed by atoms with E-state index in [-0.39, 0.29) is 0 Å². The van der Waals surface area contributed by atoms with Gasteiger partial charge in [-0.25, -0.2) is 0 Å². The van der Waals surface area contributed by atoms with E-state index in [4.69, 9.17) is 4.42 Å². The summed E-state index contributed by atoms with van der Waals surface area (Å²) < 4.78 is 9.19. The van der Waals surface area contributed by atoms with Crippen molar-refractivity contribution >= 4 is 37.9 Å². The molecule has 4 rings (SSSR count). The minimum absolute atomic E-state index is 0.927. The zero-order valence-corrected chi connectivity index (χ0v) is 13.1. The minimum atomic E-state index is 0.927. The second-order valence-electron chi connectivity index (χ2n) is 5.10. The lowest BCUT2D eigenvalue weighted by atomic mass is 10.0. The van der Waals surface area contributed by atoms with Crippen LogP contribution < -0.4 is 4.57 Å². The van der Waals surface area contributed by atoms with Crippen LogP contribution in [0.3, 0.4) is 0 Å². The molecular formula is C18H13BrNO+. The number of hydrogen-bond donors (Lipinski definition) is 0. The lowest BCUT2D eigenvalue weighted by Gasteiger charge is -2.03. The summed E-state index contributed by atoms with van der Waals surface area (Å²) in [5.74, 6) is 0. The van der Waals surface area contributed by atoms with Crippen molar-refractivity contribution < 1.29 is 8.98 Å². The summed E-state index contributed by atoms with van der Waals surface area (Å²) in [6, 6.07) is 18.6. The van der Waals surface area contributed by atoms with Gasteiger partial charge in [-0.1, -0.05) is 36.4 Å². The van der Waals surface area contributed by atoms with Crippen LogP contribution in [-0.2, 0) is 7.05 Å². The van der Waals surface area contributed by atoms with Crippen LogP contribution in [-0.4, -0.2) is 0 Å². The van der Waals surface area contributed by atoms with Crippen LogP contribution in [0.5, 0.6) is 0 Å². The summed E-state index contributed by atoms with van der Waals surface area (Å²) in [6.45, 7) is 0. The third-order valence-corrected chi connectivity index (χ3v) is 4.79.